The van der Waals surface area contributed by atoms with Gasteiger partial charge in [0.25, 0.3) is 17.4 Å². The molecule has 5 amide bonds. The van der Waals surface area contributed by atoms with Crippen LogP contribution in [0.25, 0.3) is 22.0 Å². The van der Waals surface area contributed by atoms with Crippen molar-refractivity contribution in [2.24, 2.45) is 7.05 Å². The predicted molar refractivity (Wildman–Crippen MR) is 216 cm³/mol. The van der Waals surface area contributed by atoms with E-state index in [1.165, 1.54) is 53.9 Å². The zero-order valence-electron chi connectivity index (χ0n) is 32.3. The van der Waals surface area contributed by atoms with Gasteiger partial charge in [0.1, 0.15) is 28.8 Å². The van der Waals surface area contributed by atoms with Crippen LogP contribution in [-0.4, -0.2) is 70.7 Å². The first-order valence-electron chi connectivity index (χ1n) is 19.0. The molecule has 2 aromatic heterocycles. The first-order valence-corrected chi connectivity index (χ1v) is 20.6. The summed E-state index contributed by atoms with van der Waals surface area (Å²) in [6, 6.07) is 12.6. The lowest BCUT2D eigenvalue weighted by molar-refractivity contribution is -0.137. The lowest BCUT2D eigenvalue weighted by Gasteiger charge is -2.29. The number of nitrogens with zero attached hydrogens (tertiary/aromatic N) is 2. The second-order valence-electron chi connectivity index (χ2n) is 14.3. The zero-order valence-corrected chi connectivity index (χ0v) is 33.1. The fourth-order valence-corrected chi connectivity index (χ4v) is 7.75. The van der Waals surface area contributed by atoms with Gasteiger partial charge >= 0.3 is 0 Å². The number of piperidine rings is 1. The maximum atomic E-state index is 14.7. The number of aromatic nitrogens is 2. The van der Waals surface area contributed by atoms with Crippen LogP contribution < -0.4 is 31.0 Å². The number of hydrogen-bond donors (Lipinski definition) is 5. The van der Waals surface area contributed by atoms with Crippen molar-refractivity contribution in [3.8, 4) is 22.6 Å². The van der Waals surface area contributed by atoms with Crippen LogP contribution in [0.15, 0.2) is 71.7 Å². The first kappa shape index (κ1) is 41.3. The average molecular weight is 844 g/mol. The Morgan fingerprint density at radius 2 is 1.73 bits per heavy atom. The minimum absolute atomic E-state index is 0.0287. The van der Waals surface area contributed by atoms with Crippen molar-refractivity contribution in [1.82, 2.24) is 25.1 Å². The molecule has 0 spiro atoms. The van der Waals surface area contributed by atoms with Crippen LogP contribution in [0.4, 0.5) is 20.2 Å². The standard InChI is InChI=1S/C41H39F2N7O9S/c1-3-60(57,58)48-23-11-14-33(59-34-13-10-22(42)17-29(34)43)25(18-23)27-20-49(2)41(56)37-26(27)19-31(46-37)38(53)44-16-5-4-9-35(51)45-30-8-6-7-24-28(30)21-50(40(24)55)32-12-15-36(52)47-39(32)54/h6-8,10-11,13-14,17-20,32,46,48H,3-5,9,12,15-16,21H2,1-2H3,(H,44,53)(H,45,51)(H,47,52,54). The Labute approximate surface area is 341 Å². The van der Waals surface area contributed by atoms with Gasteiger partial charge in [0, 0.05) is 84.3 Å². The second kappa shape index (κ2) is 16.8. The number of benzene rings is 3. The van der Waals surface area contributed by atoms with Crippen molar-refractivity contribution >= 4 is 61.8 Å². The molecule has 1 unspecified atom stereocenters. The molecule has 7 rings (SSSR count). The van der Waals surface area contributed by atoms with Gasteiger partial charge in [-0.2, -0.15) is 0 Å². The minimum atomic E-state index is -3.72. The number of unbranched alkanes of at least 4 members (excludes halogenated alkanes) is 1. The maximum Gasteiger partial charge on any atom is 0.274 e. The van der Waals surface area contributed by atoms with E-state index in [0.29, 0.717) is 41.3 Å². The molecule has 312 valence electrons. The van der Waals surface area contributed by atoms with Gasteiger partial charge in [0.05, 0.1) is 5.75 Å². The highest BCUT2D eigenvalue weighted by Gasteiger charge is 2.40. The molecule has 1 atom stereocenters. The SMILES string of the molecule is CCS(=O)(=O)Nc1ccc(Oc2ccc(F)cc2F)c(-c2cn(C)c(=O)c3[nH]c(C(=O)NCCCCC(=O)Nc4cccc5c4CN(C4CCC(=O)NC4=O)C5=O)cc23)c1. The lowest BCUT2D eigenvalue weighted by Crippen LogP contribution is -2.52. The third kappa shape index (κ3) is 8.61. The number of H-pyrrole nitrogens is 1. The highest BCUT2D eigenvalue weighted by atomic mass is 32.2. The number of fused-ring (bicyclic) bond motifs is 2. The quantitative estimate of drug-likeness (QED) is 0.0775. The van der Waals surface area contributed by atoms with Crippen LogP contribution in [0, 0.1) is 11.6 Å². The molecule has 5 N–H and O–H groups in total. The smallest absolute Gasteiger partial charge is 0.274 e. The summed E-state index contributed by atoms with van der Waals surface area (Å²) in [5, 5.41) is 8.15. The zero-order chi connectivity index (χ0) is 42.9. The molecule has 0 bridgehead atoms. The van der Waals surface area contributed by atoms with Gasteiger partial charge in [0.15, 0.2) is 11.6 Å². The van der Waals surface area contributed by atoms with Gasteiger partial charge in [-0.05, 0) is 74.7 Å². The number of carbonyl (C=O) groups excluding carboxylic acids is 5. The molecule has 0 aliphatic carbocycles. The van der Waals surface area contributed by atoms with Crippen molar-refractivity contribution in [2.75, 3.05) is 22.3 Å². The van der Waals surface area contributed by atoms with Crippen molar-refractivity contribution in [3.05, 3.63) is 106 Å². The third-order valence-corrected chi connectivity index (χ3v) is 11.5. The summed E-state index contributed by atoms with van der Waals surface area (Å²) in [6.07, 6.45) is 2.67. The molecule has 3 aromatic carbocycles. The number of aromatic amines is 1. The molecule has 2 aliphatic heterocycles. The number of nitrogens with one attached hydrogen (secondary N) is 5. The van der Waals surface area contributed by atoms with E-state index in [4.69, 9.17) is 4.74 Å². The topological polar surface area (TPSA) is 218 Å². The summed E-state index contributed by atoms with van der Waals surface area (Å²) in [5.41, 5.74) is 1.65. The molecular formula is C41H39F2N7O9S. The number of amides is 5. The number of ether oxygens (including phenoxy) is 1. The van der Waals surface area contributed by atoms with E-state index in [0.717, 1.165) is 12.1 Å². The number of rotatable bonds is 14. The van der Waals surface area contributed by atoms with Gasteiger partial charge < -0.3 is 29.8 Å². The molecular weight excluding hydrogens is 805 g/mol. The second-order valence-corrected chi connectivity index (χ2v) is 16.3. The van der Waals surface area contributed by atoms with Gasteiger partial charge in [-0.3, -0.25) is 38.8 Å². The van der Waals surface area contributed by atoms with Gasteiger partial charge in [-0.15, -0.1) is 0 Å². The summed E-state index contributed by atoms with van der Waals surface area (Å²) < 4.78 is 62.8. The summed E-state index contributed by atoms with van der Waals surface area (Å²) in [5.74, 6) is -4.46. The number of hydrogen-bond acceptors (Lipinski definition) is 9. The Balaban J connectivity index is 1.02. The number of aryl methyl sites for hydroxylation is 1. The van der Waals surface area contributed by atoms with Gasteiger partial charge in [-0.1, -0.05) is 6.07 Å². The van der Waals surface area contributed by atoms with E-state index in [1.807, 2.05) is 0 Å². The number of pyridine rings is 1. The van der Waals surface area contributed by atoms with Crippen molar-refractivity contribution in [3.63, 3.8) is 0 Å². The number of halogens is 2. The monoisotopic (exact) mass is 843 g/mol. The van der Waals surface area contributed by atoms with Crippen molar-refractivity contribution < 1.29 is 45.9 Å². The van der Waals surface area contributed by atoms with E-state index in [-0.39, 0.29) is 95.2 Å². The van der Waals surface area contributed by atoms with E-state index >= 15 is 0 Å². The molecule has 60 heavy (non-hydrogen) atoms. The summed E-state index contributed by atoms with van der Waals surface area (Å²) >= 11 is 0. The Hall–Kier alpha value is -6.89. The molecule has 5 aromatic rings. The minimum Gasteiger partial charge on any atom is -0.454 e. The van der Waals surface area contributed by atoms with E-state index in [2.05, 4.69) is 25.7 Å². The van der Waals surface area contributed by atoms with Gasteiger partial charge in [0.2, 0.25) is 27.7 Å². The van der Waals surface area contributed by atoms with E-state index in [9.17, 15) is 46.0 Å². The number of anilines is 2. The van der Waals surface area contributed by atoms with Crippen LogP contribution in [0.2, 0.25) is 0 Å². The molecule has 1 saturated heterocycles. The maximum absolute atomic E-state index is 14.7. The van der Waals surface area contributed by atoms with Crippen LogP contribution in [0.5, 0.6) is 11.5 Å². The Morgan fingerprint density at radius 1 is 0.950 bits per heavy atom. The molecule has 19 heteroatoms. The molecule has 4 heterocycles. The lowest BCUT2D eigenvalue weighted by atomic mass is 10.0. The largest absolute Gasteiger partial charge is 0.454 e. The van der Waals surface area contributed by atoms with Crippen LogP contribution in [-0.2, 0) is 38.0 Å². The molecule has 2 aliphatic rings. The highest BCUT2D eigenvalue weighted by molar-refractivity contribution is 7.92. The Kier molecular flexibility index (Phi) is 11.5. The average Bonchev–Trinajstić information content (AvgIpc) is 3.80. The summed E-state index contributed by atoms with van der Waals surface area (Å²) in [6.45, 7) is 1.73. The van der Waals surface area contributed by atoms with Gasteiger partial charge in [-0.25, -0.2) is 17.2 Å². The Morgan fingerprint density at radius 3 is 2.48 bits per heavy atom. The fraction of sp³-hybridized carbons (Fsp3) is 0.268. The van der Waals surface area contributed by atoms with E-state index in [1.54, 1.807) is 18.2 Å². The summed E-state index contributed by atoms with van der Waals surface area (Å²) in [7, 11) is -2.25. The third-order valence-electron chi connectivity index (χ3n) is 10.2. The number of imide groups is 1. The summed E-state index contributed by atoms with van der Waals surface area (Å²) in [4.78, 5) is 81.0. The Bertz CT molecular complexity index is 2770. The normalized spacial score (nSPS) is 15.2. The fourth-order valence-electron chi connectivity index (χ4n) is 7.12. The highest BCUT2D eigenvalue weighted by Crippen LogP contribution is 2.40. The number of carbonyl (C=O) groups is 5. The van der Waals surface area contributed by atoms with Crippen molar-refractivity contribution in [2.45, 2.75) is 51.6 Å². The number of sulfonamides is 1. The molecule has 1 fully saturated rings. The predicted octanol–water partition coefficient (Wildman–Crippen LogP) is 4.67. The van der Waals surface area contributed by atoms with Crippen LogP contribution in [0.3, 0.4) is 0 Å². The molecule has 16 nitrogen and oxygen atoms in total. The van der Waals surface area contributed by atoms with Crippen LogP contribution >= 0.6 is 0 Å². The van der Waals surface area contributed by atoms with Crippen molar-refractivity contribution in [1.29, 1.82) is 0 Å². The van der Waals surface area contributed by atoms with E-state index < -0.39 is 45.1 Å². The van der Waals surface area contributed by atoms with Crippen LogP contribution in [0.1, 0.15) is 65.4 Å². The molecule has 0 saturated carbocycles. The first-order chi connectivity index (χ1) is 28.6. The molecule has 0 radical (unpaired) electrons.